The quantitative estimate of drug-likeness (QED) is 0.496. The number of nitrogens with zero attached hydrogens (tertiary/aromatic N) is 1. The monoisotopic (exact) mass is 417 g/mol. The molecular formula is C22H15N3O2S2. The van der Waals surface area contributed by atoms with Gasteiger partial charge in [0, 0.05) is 28.1 Å². The van der Waals surface area contributed by atoms with Gasteiger partial charge in [0.2, 0.25) is 5.91 Å². The fraction of sp³-hybridized carbons (Fsp3) is 0.0909. The van der Waals surface area contributed by atoms with E-state index in [1.54, 1.807) is 28.7 Å². The number of amides is 1. The molecule has 1 amide bonds. The smallest absolute Gasteiger partial charge is 0.250 e. The van der Waals surface area contributed by atoms with Crippen molar-refractivity contribution >= 4 is 34.3 Å². The first kappa shape index (κ1) is 17.9. The Balaban J connectivity index is 1.79. The number of hydrogen-bond acceptors (Lipinski definition) is 5. The Morgan fingerprint density at radius 1 is 1.03 bits per heavy atom. The molecule has 5 rings (SSSR count). The van der Waals surface area contributed by atoms with Crippen LogP contribution in [0.15, 0.2) is 64.0 Å². The van der Waals surface area contributed by atoms with E-state index in [0.717, 1.165) is 33.6 Å². The van der Waals surface area contributed by atoms with E-state index in [4.69, 9.17) is 10.00 Å². The van der Waals surface area contributed by atoms with Gasteiger partial charge in [0.15, 0.2) is 0 Å². The second-order valence-corrected chi connectivity index (χ2v) is 8.26. The summed E-state index contributed by atoms with van der Waals surface area (Å²) >= 11 is 3.19. The van der Waals surface area contributed by atoms with Crippen LogP contribution in [0.25, 0.3) is 11.3 Å². The van der Waals surface area contributed by atoms with Crippen LogP contribution in [0.4, 0.5) is 5.69 Å². The molecule has 142 valence electrons. The number of aromatic amines is 1. The predicted octanol–water partition coefficient (Wildman–Crippen LogP) is 4.94. The minimum atomic E-state index is -0.894. The fourth-order valence-electron chi connectivity index (χ4n) is 3.75. The Morgan fingerprint density at radius 3 is 2.41 bits per heavy atom. The molecule has 4 aromatic rings. The molecule has 0 radical (unpaired) electrons. The molecule has 1 aliphatic rings. The summed E-state index contributed by atoms with van der Waals surface area (Å²) in [4.78, 5) is 15.5. The number of aromatic nitrogens is 1. The highest BCUT2D eigenvalue weighted by Crippen LogP contribution is 2.47. The summed E-state index contributed by atoms with van der Waals surface area (Å²) in [6, 6.07) is 15.7. The van der Waals surface area contributed by atoms with Crippen LogP contribution in [-0.4, -0.2) is 17.5 Å². The van der Waals surface area contributed by atoms with E-state index >= 15 is 0 Å². The molecule has 0 saturated carbocycles. The minimum absolute atomic E-state index is 0.0449. The summed E-state index contributed by atoms with van der Waals surface area (Å²) in [5, 5.41) is 20.3. The van der Waals surface area contributed by atoms with Crippen LogP contribution >= 0.6 is 22.7 Å². The number of benzene rings is 1. The molecule has 4 heterocycles. The molecule has 0 atom stereocenters. The third-order valence-corrected chi connectivity index (χ3v) is 6.43. The number of nitrogens with one attached hydrogen (secondary N) is 2. The number of rotatable bonds is 3. The first-order valence-electron chi connectivity index (χ1n) is 8.94. The normalized spacial score (nSPS) is 15.2. The highest BCUT2D eigenvalue weighted by Gasteiger charge is 2.43. The van der Waals surface area contributed by atoms with E-state index in [1.807, 2.05) is 47.2 Å². The molecular weight excluding hydrogens is 402 g/mol. The summed E-state index contributed by atoms with van der Waals surface area (Å²) in [6.07, 6.45) is 0. The number of carbonyl (C=O) groups is 1. The molecule has 0 spiro atoms. The molecule has 7 heteroatoms. The van der Waals surface area contributed by atoms with Gasteiger partial charge in [-0.25, -0.2) is 0 Å². The second kappa shape index (κ2) is 7.01. The van der Waals surface area contributed by atoms with Crippen molar-refractivity contribution in [2.75, 3.05) is 11.9 Å². The third kappa shape index (κ3) is 2.89. The van der Waals surface area contributed by atoms with Crippen molar-refractivity contribution in [3.8, 4) is 17.3 Å². The lowest BCUT2D eigenvalue weighted by molar-refractivity contribution is -0.123. The number of fused-ring (bicyclic) bond motifs is 1. The van der Waals surface area contributed by atoms with Crippen molar-refractivity contribution in [2.45, 2.75) is 5.60 Å². The zero-order valence-corrected chi connectivity index (χ0v) is 16.8. The zero-order chi connectivity index (χ0) is 19.8. The van der Waals surface area contributed by atoms with Gasteiger partial charge in [-0.15, -0.1) is 0 Å². The van der Waals surface area contributed by atoms with Crippen LogP contribution in [0.2, 0.25) is 0 Å². The summed E-state index contributed by atoms with van der Waals surface area (Å²) in [7, 11) is 0. The van der Waals surface area contributed by atoms with E-state index in [0.29, 0.717) is 5.69 Å². The van der Waals surface area contributed by atoms with Gasteiger partial charge in [-0.05, 0) is 63.5 Å². The van der Waals surface area contributed by atoms with Gasteiger partial charge >= 0.3 is 0 Å². The molecule has 0 unspecified atom stereocenters. The van der Waals surface area contributed by atoms with E-state index in [-0.39, 0.29) is 12.5 Å². The Labute approximate surface area is 175 Å². The van der Waals surface area contributed by atoms with Crippen molar-refractivity contribution in [1.29, 1.82) is 5.26 Å². The molecule has 29 heavy (non-hydrogen) atoms. The maximum atomic E-state index is 12.4. The zero-order valence-electron chi connectivity index (χ0n) is 15.1. The molecule has 3 aromatic heterocycles. The average Bonchev–Trinajstić information content (AvgIpc) is 3.51. The number of anilines is 1. The van der Waals surface area contributed by atoms with Gasteiger partial charge in [0.1, 0.15) is 24.0 Å². The van der Waals surface area contributed by atoms with Gasteiger partial charge < -0.3 is 15.0 Å². The largest absolute Gasteiger partial charge is 0.351 e. The summed E-state index contributed by atoms with van der Waals surface area (Å²) in [6.45, 7) is -0.0449. The van der Waals surface area contributed by atoms with Crippen LogP contribution in [0.1, 0.15) is 22.4 Å². The van der Waals surface area contributed by atoms with E-state index in [1.165, 1.54) is 0 Å². The van der Waals surface area contributed by atoms with Crippen molar-refractivity contribution in [2.24, 2.45) is 0 Å². The SMILES string of the molecule is N#Cc1ccc(-c2ccc3c(c2)C(c2ccsc2)(c2ccsc2)OCC(=O)N3)[nH]1. The lowest BCUT2D eigenvalue weighted by Gasteiger charge is -2.33. The van der Waals surface area contributed by atoms with Crippen molar-refractivity contribution in [3.05, 3.63) is 86.4 Å². The Morgan fingerprint density at radius 2 is 1.79 bits per heavy atom. The molecule has 0 aliphatic carbocycles. The highest BCUT2D eigenvalue weighted by molar-refractivity contribution is 7.08. The Kier molecular flexibility index (Phi) is 4.32. The second-order valence-electron chi connectivity index (χ2n) is 6.70. The van der Waals surface area contributed by atoms with Crippen molar-refractivity contribution in [3.63, 3.8) is 0 Å². The van der Waals surface area contributed by atoms with Crippen LogP contribution < -0.4 is 5.32 Å². The first-order valence-corrected chi connectivity index (χ1v) is 10.8. The van der Waals surface area contributed by atoms with Crippen LogP contribution in [0.5, 0.6) is 0 Å². The maximum Gasteiger partial charge on any atom is 0.250 e. The summed E-state index contributed by atoms with van der Waals surface area (Å²) < 4.78 is 6.37. The van der Waals surface area contributed by atoms with Crippen molar-refractivity contribution < 1.29 is 9.53 Å². The van der Waals surface area contributed by atoms with E-state index < -0.39 is 5.60 Å². The van der Waals surface area contributed by atoms with Gasteiger partial charge in [-0.3, -0.25) is 4.79 Å². The number of H-pyrrole nitrogens is 1. The summed E-state index contributed by atoms with van der Waals surface area (Å²) in [5.74, 6) is -0.182. The summed E-state index contributed by atoms with van der Waals surface area (Å²) in [5.41, 5.74) is 4.92. The molecule has 2 N–H and O–H groups in total. The predicted molar refractivity (Wildman–Crippen MR) is 114 cm³/mol. The lowest BCUT2D eigenvalue weighted by Crippen LogP contribution is -2.32. The molecule has 0 fully saturated rings. The maximum absolute atomic E-state index is 12.4. The first-order chi connectivity index (χ1) is 14.2. The molecule has 0 bridgehead atoms. The van der Waals surface area contributed by atoms with Crippen LogP contribution in [0, 0.1) is 11.3 Å². The number of carbonyl (C=O) groups excluding carboxylic acids is 1. The van der Waals surface area contributed by atoms with Crippen LogP contribution in [0.3, 0.4) is 0 Å². The van der Waals surface area contributed by atoms with Gasteiger partial charge in [0.25, 0.3) is 0 Å². The van der Waals surface area contributed by atoms with E-state index in [2.05, 4.69) is 27.1 Å². The standard InChI is InChI=1S/C22H15N3O2S2/c23-10-17-2-4-19(24-17)14-1-3-20-18(9-14)22(15-5-7-28-12-15,16-6-8-29-13-16)27-11-21(26)25-20/h1-9,12-13,24H,11H2,(H,25,26). The fourth-order valence-corrected chi connectivity index (χ4v) is 5.14. The van der Waals surface area contributed by atoms with Gasteiger partial charge in [-0.2, -0.15) is 27.9 Å². The van der Waals surface area contributed by atoms with Gasteiger partial charge in [-0.1, -0.05) is 6.07 Å². The van der Waals surface area contributed by atoms with Crippen molar-refractivity contribution in [1.82, 2.24) is 4.98 Å². The number of nitriles is 1. The lowest BCUT2D eigenvalue weighted by atomic mass is 9.81. The van der Waals surface area contributed by atoms with Gasteiger partial charge in [0.05, 0.1) is 0 Å². The van der Waals surface area contributed by atoms with Crippen LogP contribution in [-0.2, 0) is 15.1 Å². The number of hydrogen-bond donors (Lipinski definition) is 2. The molecule has 1 aliphatic heterocycles. The average molecular weight is 418 g/mol. The minimum Gasteiger partial charge on any atom is -0.351 e. The Hall–Kier alpha value is -3.18. The molecule has 1 aromatic carbocycles. The number of ether oxygens (including phenoxy) is 1. The molecule has 5 nitrogen and oxygen atoms in total. The topological polar surface area (TPSA) is 77.9 Å². The molecule has 0 saturated heterocycles. The highest BCUT2D eigenvalue weighted by atomic mass is 32.1. The number of thiophene rings is 2. The Bertz CT molecular complexity index is 1180. The van der Waals surface area contributed by atoms with E-state index in [9.17, 15) is 4.79 Å². The third-order valence-electron chi connectivity index (χ3n) is 5.07.